The van der Waals surface area contributed by atoms with Crippen molar-refractivity contribution in [2.45, 2.75) is 12.8 Å². The predicted molar refractivity (Wildman–Crippen MR) is 61.8 cm³/mol. The van der Waals surface area contributed by atoms with Crippen LogP contribution >= 0.6 is 0 Å². The van der Waals surface area contributed by atoms with Gasteiger partial charge < -0.3 is 13.3 Å². The van der Waals surface area contributed by atoms with Crippen LogP contribution in [0.25, 0.3) is 0 Å². The predicted octanol–water partition coefficient (Wildman–Crippen LogP) is 2.06. The van der Waals surface area contributed by atoms with Crippen LogP contribution in [-0.2, 0) is 19.7 Å². The molecule has 0 saturated carbocycles. The molecule has 18 heavy (non-hydrogen) atoms. The molecule has 7 heteroatoms. The molecule has 0 saturated heterocycles. The molecule has 0 fully saturated rings. The average Bonchev–Trinajstić information content (AvgIpc) is 2.35. The van der Waals surface area contributed by atoms with Gasteiger partial charge in [-0.25, -0.2) is 13.2 Å². The summed E-state index contributed by atoms with van der Waals surface area (Å²) in [4.78, 5) is 0. The smallest absolute Gasteiger partial charge is 0.379 e. The molecule has 0 unspecified atom stereocenters. The van der Waals surface area contributed by atoms with E-state index in [1.807, 2.05) is 0 Å². The molecule has 0 bridgehead atoms. The Kier molecular flexibility index (Phi) is 6.34. The lowest BCUT2D eigenvalue weighted by Gasteiger charge is -2.11. The number of halogens is 3. The largest absolute Gasteiger partial charge is 0.483 e. The van der Waals surface area contributed by atoms with Crippen molar-refractivity contribution < 1.29 is 26.4 Å². The van der Waals surface area contributed by atoms with Gasteiger partial charge in [0.15, 0.2) is 11.6 Å². The van der Waals surface area contributed by atoms with Gasteiger partial charge in [-0.1, -0.05) is 0 Å². The molecule has 0 radical (unpaired) electrons. The van der Waals surface area contributed by atoms with E-state index in [0.29, 0.717) is 19.1 Å². The zero-order valence-corrected chi connectivity index (χ0v) is 11.4. The molecule has 1 rings (SSSR count). The van der Waals surface area contributed by atoms with Crippen LogP contribution < -0.4 is 0 Å². The van der Waals surface area contributed by atoms with Crippen LogP contribution in [0.15, 0.2) is 12.1 Å². The monoisotopic (exact) mass is 280 g/mol. The fraction of sp³-hybridized carbons (Fsp3) is 0.455. The SMILES string of the molecule is CO[SiH](OC)OCCCc1cc(F)c(F)cc1F. The zero-order valence-electron chi connectivity index (χ0n) is 10.2. The normalized spacial score (nSPS) is 11.2. The quantitative estimate of drug-likeness (QED) is 0.435. The summed E-state index contributed by atoms with van der Waals surface area (Å²) in [5.41, 5.74) is 0.130. The molecule has 3 nitrogen and oxygen atoms in total. The number of aryl methyl sites for hydroxylation is 1. The first-order valence-electron chi connectivity index (χ1n) is 5.39. The maximum absolute atomic E-state index is 13.3. The molecule has 0 heterocycles. The summed E-state index contributed by atoms with van der Waals surface area (Å²) in [5, 5.41) is 0. The first-order chi connectivity index (χ1) is 8.58. The maximum Gasteiger partial charge on any atom is 0.483 e. The summed E-state index contributed by atoms with van der Waals surface area (Å²) in [7, 11) is 0.887. The molecule has 0 aliphatic heterocycles. The molecule has 0 amide bonds. The highest BCUT2D eigenvalue weighted by atomic mass is 28.3. The topological polar surface area (TPSA) is 27.7 Å². The van der Waals surface area contributed by atoms with Crippen molar-refractivity contribution in [2.24, 2.45) is 0 Å². The van der Waals surface area contributed by atoms with Crippen LogP contribution in [0.1, 0.15) is 12.0 Å². The Morgan fingerprint density at radius 1 is 1.00 bits per heavy atom. The highest BCUT2D eigenvalue weighted by molar-refractivity contribution is 6.36. The van der Waals surface area contributed by atoms with Gasteiger partial charge in [0.2, 0.25) is 0 Å². The van der Waals surface area contributed by atoms with E-state index in [1.165, 1.54) is 14.2 Å². The van der Waals surface area contributed by atoms with E-state index in [9.17, 15) is 13.2 Å². The molecule has 0 spiro atoms. The summed E-state index contributed by atoms with van der Waals surface area (Å²) in [5.74, 6) is -2.98. The molecule has 0 N–H and O–H groups in total. The van der Waals surface area contributed by atoms with Crippen LogP contribution in [0, 0.1) is 17.5 Å². The Hall–Kier alpha value is -0.893. The Morgan fingerprint density at radius 3 is 2.22 bits per heavy atom. The van der Waals surface area contributed by atoms with Crippen LogP contribution in [0.2, 0.25) is 0 Å². The van der Waals surface area contributed by atoms with Crippen molar-refractivity contribution in [2.75, 3.05) is 20.8 Å². The van der Waals surface area contributed by atoms with Crippen LogP contribution in [0.4, 0.5) is 13.2 Å². The first-order valence-corrected chi connectivity index (χ1v) is 6.80. The van der Waals surface area contributed by atoms with E-state index in [-0.39, 0.29) is 12.0 Å². The molecule has 102 valence electrons. The minimum absolute atomic E-state index is 0.130. The average molecular weight is 280 g/mol. The van der Waals surface area contributed by atoms with Crippen LogP contribution in [-0.4, -0.2) is 30.4 Å². The van der Waals surface area contributed by atoms with Gasteiger partial charge in [0.05, 0.1) is 0 Å². The molecule has 1 aromatic carbocycles. The number of hydrogen-bond acceptors (Lipinski definition) is 3. The van der Waals surface area contributed by atoms with E-state index in [2.05, 4.69) is 0 Å². The van der Waals surface area contributed by atoms with Gasteiger partial charge >= 0.3 is 9.53 Å². The minimum atomic E-state index is -2.08. The lowest BCUT2D eigenvalue weighted by atomic mass is 10.1. The Bertz CT molecular complexity index is 386. The molecular formula is C11H15F3O3Si. The summed E-state index contributed by atoms with van der Waals surface area (Å²) >= 11 is 0. The Balaban J connectivity index is 2.42. The van der Waals surface area contributed by atoms with E-state index in [4.69, 9.17) is 13.3 Å². The molecule has 0 aliphatic rings. The van der Waals surface area contributed by atoms with Gasteiger partial charge in [-0.05, 0) is 24.5 Å². The van der Waals surface area contributed by atoms with Gasteiger partial charge in [-0.15, -0.1) is 0 Å². The highest BCUT2D eigenvalue weighted by Gasteiger charge is 2.12. The van der Waals surface area contributed by atoms with Crippen LogP contribution in [0.5, 0.6) is 0 Å². The fourth-order valence-electron chi connectivity index (χ4n) is 1.43. The van der Waals surface area contributed by atoms with Gasteiger partial charge in [0.25, 0.3) is 0 Å². The molecule has 1 aromatic rings. The molecule has 0 aliphatic carbocycles. The standard InChI is InChI=1S/C11H15F3O3Si/c1-15-18(16-2)17-5-3-4-8-6-10(13)11(14)7-9(8)12/h6-7,18H,3-5H2,1-2H3. The van der Waals surface area contributed by atoms with Crippen molar-refractivity contribution in [1.82, 2.24) is 0 Å². The summed E-state index contributed by atoms with van der Waals surface area (Å²) in [6.07, 6.45) is 0.732. The fourth-order valence-corrected chi connectivity index (χ4v) is 2.25. The van der Waals surface area contributed by atoms with E-state index in [1.54, 1.807) is 0 Å². The van der Waals surface area contributed by atoms with Gasteiger partial charge in [0, 0.05) is 26.9 Å². The highest BCUT2D eigenvalue weighted by Crippen LogP contribution is 2.15. The Labute approximate surface area is 105 Å². The summed E-state index contributed by atoms with van der Waals surface area (Å²) in [6.45, 7) is 0.316. The van der Waals surface area contributed by atoms with Crippen molar-refractivity contribution in [3.63, 3.8) is 0 Å². The molecule has 0 atom stereocenters. The number of rotatable bonds is 7. The van der Waals surface area contributed by atoms with Gasteiger partial charge in [0.1, 0.15) is 5.82 Å². The van der Waals surface area contributed by atoms with Gasteiger partial charge in [-0.2, -0.15) is 0 Å². The van der Waals surface area contributed by atoms with Crippen LogP contribution in [0.3, 0.4) is 0 Å². The first kappa shape index (κ1) is 15.2. The third-order valence-electron chi connectivity index (χ3n) is 2.32. The van der Waals surface area contributed by atoms with Crippen molar-refractivity contribution >= 4 is 9.53 Å². The summed E-state index contributed by atoms with van der Waals surface area (Å²) < 4.78 is 53.9. The second-order valence-corrected chi connectivity index (χ2v) is 5.45. The lowest BCUT2D eigenvalue weighted by molar-refractivity contribution is 0.134. The van der Waals surface area contributed by atoms with Gasteiger partial charge in [-0.3, -0.25) is 0 Å². The second-order valence-electron chi connectivity index (χ2n) is 3.59. The maximum atomic E-state index is 13.3. The molecule has 0 aromatic heterocycles. The number of hydrogen-bond donors (Lipinski definition) is 0. The van der Waals surface area contributed by atoms with E-state index < -0.39 is 27.0 Å². The second kappa shape index (κ2) is 7.52. The summed E-state index contributed by atoms with van der Waals surface area (Å²) in [6, 6.07) is 1.42. The zero-order chi connectivity index (χ0) is 13.5. The van der Waals surface area contributed by atoms with Crippen molar-refractivity contribution in [1.29, 1.82) is 0 Å². The van der Waals surface area contributed by atoms with E-state index in [0.717, 1.165) is 6.07 Å². The third kappa shape index (κ3) is 4.41. The Morgan fingerprint density at radius 2 is 1.61 bits per heavy atom. The third-order valence-corrected chi connectivity index (χ3v) is 3.60. The van der Waals surface area contributed by atoms with Crippen molar-refractivity contribution in [3.05, 3.63) is 35.1 Å². The minimum Gasteiger partial charge on any atom is -0.379 e. The molecular weight excluding hydrogens is 265 g/mol. The number of benzene rings is 1. The van der Waals surface area contributed by atoms with Crippen molar-refractivity contribution in [3.8, 4) is 0 Å². The lowest BCUT2D eigenvalue weighted by Crippen LogP contribution is -2.24. The van der Waals surface area contributed by atoms with E-state index >= 15 is 0 Å².